The zero-order valence-corrected chi connectivity index (χ0v) is 12.3. The summed E-state index contributed by atoms with van der Waals surface area (Å²) in [6.45, 7) is 7.30. The van der Waals surface area contributed by atoms with Gasteiger partial charge in [-0.2, -0.15) is 0 Å². The molecule has 0 radical (unpaired) electrons. The van der Waals surface area contributed by atoms with Gasteiger partial charge in [0, 0.05) is 45.7 Å². The molecule has 2 saturated heterocycles. The molecule has 20 heavy (non-hydrogen) atoms. The summed E-state index contributed by atoms with van der Waals surface area (Å²) in [6, 6.07) is -0.0372. The van der Waals surface area contributed by atoms with Crippen LogP contribution in [0.4, 0.5) is 0 Å². The number of nitrogens with two attached hydrogens (primary N) is 1. The lowest BCUT2D eigenvalue weighted by Crippen LogP contribution is -2.54. The summed E-state index contributed by atoms with van der Waals surface area (Å²) in [7, 11) is 0. The van der Waals surface area contributed by atoms with Gasteiger partial charge < -0.3 is 16.0 Å². The molecule has 0 bridgehead atoms. The maximum Gasteiger partial charge on any atom is 0.239 e. The van der Waals surface area contributed by atoms with Crippen LogP contribution in [-0.2, 0) is 9.59 Å². The van der Waals surface area contributed by atoms with Crippen molar-refractivity contribution in [3.63, 3.8) is 0 Å². The van der Waals surface area contributed by atoms with E-state index in [2.05, 4.69) is 10.2 Å². The van der Waals surface area contributed by atoms with Crippen LogP contribution in [0, 0.1) is 5.92 Å². The fourth-order valence-corrected chi connectivity index (χ4v) is 3.13. The van der Waals surface area contributed by atoms with Crippen molar-refractivity contribution in [1.82, 2.24) is 15.1 Å². The molecule has 6 heteroatoms. The van der Waals surface area contributed by atoms with Crippen molar-refractivity contribution in [2.75, 3.05) is 39.3 Å². The minimum Gasteiger partial charge on any atom is -0.370 e. The molecule has 2 fully saturated rings. The molecule has 6 nitrogen and oxygen atoms in total. The Morgan fingerprint density at radius 3 is 2.35 bits per heavy atom. The first-order chi connectivity index (χ1) is 9.58. The van der Waals surface area contributed by atoms with Crippen molar-refractivity contribution in [2.24, 2.45) is 11.7 Å². The van der Waals surface area contributed by atoms with E-state index in [0.717, 1.165) is 52.1 Å². The van der Waals surface area contributed by atoms with Gasteiger partial charge in [-0.1, -0.05) is 0 Å². The molecule has 0 aliphatic carbocycles. The first kappa shape index (κ1) is 15.3. The lowest BCUT2D eigenvalue weighted by atomic mass is 9.93. The number of hydrogen-bond acceptors (Lipinski definition) is 4. The standard InChI is InChI=1S/C14H26N4O2/c1-11(17-8-4-16-5-9-17)14(20)18-6-2-12(3-7-18)10-13(15)19/h11-12,16H,2-10H2,1H3,(H2,15,19). The van der Waals surface area contributed by atoms with Crippen LogP contribution in [0.1, 0.15) is 26.2 Å². The van der Waals surface area contributed by atoms with E-state index in [1.54, 1.807) is 0 Å². The molecule has 0 aromatic rings. The third-order valence-electron chi connectivity index (χ3n) is 4.47. The molecule has 0 aromatic heterocycles. The van der Waals surface area contributed by atoms with Gasteiger partial charge in [-0.3, -0.25) is 14.5 Å². The highest BCUT2D eigenvalue weighted by Crippen LogP contribution is 2.21. The van der Waals surface area contributed by atoms with Gasteiger partial charge >= 0.3 is 0 Å². The second-order valence-corrected chi connectivity index (χ2v) is 5.90. The van der Waals surface area contributed by atoms with Crippen LogP contribution in [0.25, 0.3) is 0 Å². The van der Waals surface area contributed by atoms with Crippen LogP contribution < -0.4 is 11.1 Å². The fraction of sp³-hybridized carbons (Fsp3) is 0.857. The molecule has 0 aromatic carbocycles. The summed E-state index contributed by atoms with van der Waals surface area (Å²) < 4.78 is 0. The molecule has 2 heterocycles. The summed E-state index contributed by atoms with van der Waals surface area (Å²) in [5, 5.41) is 3.30. The van der Waals surface area contributed by atoms with Crippen molar-refractivity contribution in [1.29, 1.82) is 0 Å². The number of nitrogens with zero attached hydrogens (tertiary/aromatic N) is 2. The number of piperidine rings is 1. The lowest BCUT2D eigenvalue weighted by Gasteiger charge is -2.37. The monoisotopic (exact) mass is 282 g/mol. The highest BCUT2D eigenvalue weighted by molar-refractivity contribution is 5.81. The minimum atomic E-state index is -0.232. The number of carbonyl (C=O) groups is 2. The topological polar surface area (TPSA) is 78.7 Å². The maximum absolute atomic E-state index is 12.5. The SMILES string of the molecule is CC(C(=O)N1CCC(CC(N)=O)CC1)N1CCNCC1. The van der Waals surface area contributed by atoms with E-state index in [9.17, 15) is 9.59 Å². The van der Waals surface area contributed by atoms with Gasteiger partial charge in [0.1, 0.15) is 0 Å². The van der Waals surface area contributed by atoms with E-state index in [-0.39, 0.29) is 17.9 Å². The molecule has 114 valence electrons. The molecule has 2 amide bonds. The predicted molar refractivity (Wildman–Crippen MR) is 77.0 cm³/mol. The Kier molecular flexibility index (Phi) is 5.37. The highest BCUT2D eigenvalue weighted by Gasteiger charge is 2.29. The Hall–Kier alpha value is -1.14. The van der Waals surface area contributed by atoms with Crippen LogP contribution in [0.5, 0.6) is 0 Å². The molecule has 2 rings (SSSR count). The summed E-state index contributed by atoms with van der Waals surface area (Å²) >= 11 is 0. The quantitative estimate of drug-likeness (QED) is 0.721. The van der Waals surface area contributed by atoms with Gasteiger partial charge in [0.05, 0.1) is 6.04 Å². The summed E-state index contributed by atoms with van der Waals surface area (Å²) in [5.41, 5.74) is 5.23. The highest BCUT2D eigenvalue weighted by atomic mass is 16.2. The number of piperazine rings is 1. The number of carbonyl (C=O) groups excluding carboxylic acids is 2. The second-order valence-electron chi connectivity index (χ2n) is 5.90. The minimum absolute atomic E-state index is 0.0372. The average molecular weight is 282 g/mol. The van der Waals surface area contributed by atoms with Crippen LogP contribution in [0.2, 0.25) is 0 Å². The molecular formula is C14H26N4O2. The largest absolute Gasteiger partial charge is 0.370 e. The zero-order chi connectivity index (χ0) is 14.5. The van der Waals surface area contributed by atoms with Gasteiger partial charge in [0.15, 0.2) is 0 Å². The Morgan fingerprint density at radius 2 is 1.80 bits per heavy atom. The predicted octanol–water partition coefficient (Wildman–Crippen LogP) is -0.606. The number of hydrogen-bond donors (Lipinski definition) is 2. The van der Waals surface area contributed by atoms with Gasteiger partial charge in [-0.05, 0) is 25.7 Å². The molecular weight excluding hydrogens is 256 g/mol. The first-order valence-corrected chi connectivity index (χ1v) is 7.60. The Balaban J connectivity index is 1.80. The number of primary amides is 1. The van der Waals surface area contributed by atoms with E-state index < -0.39 is 0 Å². The molecule has 2 aliphatic heterocycles. The zero-order valence-electron chi connectivity index (χ0n) is 12.3. The smallest absolute Gasteiger partial charge is 0.239 e. The lowest BCUT2D eigenvalue weighted by molar-refractivity contribution is -0.138. The van der Waals surface area contributed by atoms with Gasteiger partial charge in [0.25, 0.3) is 0 Å². The molecule has 1 atom stereocenters. The molecule has 1 unspecified atom stereocenters. The van der Waals surface area contributed by atoms with Crippen molar-refractivity contribution in [3.8, 4) is 0 Å². The summed E-state index contributed by atoms with van der Waals surface area (Å²) in [6.07, 6.45) is 2.24. The molecule has 2 aliphatic rings. The van der Waals surface area contributed by atoms with E-state index in [1.807, 2.05) is 11.8 Å². The van der Waals surface area contributed by atoms with Crippen molar-refractivity contribution < 1.29 is 9.59 Å². The maximum atomic E-state index is 12.5. The Morgan fingerprint density at radius 1 is 1.20 bits per heavy atom. The third-order valence-corrected chi connectivity index (χ3v) is 4.47. The third kappa shape index (κ3) is 3.93. The Labute approximate surface area is 120 Å². The van der Waals surface area contributed by atoms with E-state index in [0.29, 0.717) is 12.3 Å². The fourth-order valence-electron chi connectivity index (χ4n) is 3.13. The van der Waals surface area contributed by atoms with E-state index in [1.165, 1.54) is 0 Å². The summed E-state index contributed by atoms with van der Waals surface area (Å²) in [5.74, 6) is 0.347. The normalized spacial score (nSPS) is 23.6. The van der Waals surface area contributed by atoms with Crippen molar-refractivity contribution in [3.05, 3.63) is 0 Å². The van der Waals surface area contributed by atoms with Crippen LogP contribution in [0.3, 0.4) is 0 Å². The molecule has 0 saturated carbocycles. The number of nitrogens with one attached hydrogen (secondary N) is 1. The molecule has 0 spiro atoms. The van der Waals surface area contributed by atoms with Crippen LogP contribution in [-0.4, -0.2) is 66.9 Å². The van der Waals surface area contributed by atoms with E-state index in [4.69, 9.17) is 5.73 Å². The van der Waals surface area contributed by atoms with Crippen molar-refractivity contribution >= 4 is 11.8 Å². The van der Waals surface area contributed by atoms with Crippen LogP contribution in [0.15, 0.2) is 0 Å². The average Bonchev–Trinajstić information content (AvgIpc) is 2.47. The first-order valence-electron chi connectivity index (χ1n) is 7.60. The number of rotatable bonds is 4. The van der Waals surface area contributed by atoms with Gasteiger partial charge in [-0.25, -0.2) is 0 Å². The van der Waals surface area contributed by atoms with Gasteiger partial charge in [0.2, 0.25) is 11.8 Å². The van der Waals surface area contributed by atoms with E-state index >= 15 is 0 Å². The number of likely N-dealkylation sites (tertiary alicyclic amines) is 1. The second kappa shape index (κ2) is 7.04. The van der Waals surface area contributed by atoms with Gasteiger partial charge in [-0.15, -0.1) is 0 Å². The number of amides is 2. The Bertz CT molecular complexity index is 347. The molecule has 3 N–H and O–H groups in total. The van der Waals surface area contributed by atoms with Crippen molar-refractivity contribution in [2.45, 2.75) is 32.2 Å². The summed E-state index contributed by atoms with van der Waals surface area (Å²) in [4.78, 5) is 27.6. The van der Waals surface area contributed by atoms with Crippen LogP contribution >= 0.6 is 0 Å².